The molecule has 0 aromatic heterocycles. The summed E-state index contributed by atoms with van der Waals surface area (Å²) in [4.78, 5) is 26.2. The lowest BCUT2D eigenvalue weighted by Crippen LogP contribution is -2.29. The predicted octanol–water partition coefficient (Wildman–Crippen LogP) is 2.71. The Bertz CT molecular complexity index is 667. The summed E-state index contributed by atoms with van der Waals surface area (Å²) in [6.45, 7) is 3.66. The molecule has 8 heteroatoms. The number of aliphatic carboxylic acids is 1. The third kappa shape index (κ3) is 3.28. The second kappa shape index (κ2) is 6.61. The molecule has 1 atom stereocenters. The van der Waals surface area contributed by atoms with Crippen LogP contribution in [0, 0.1) is 10.1 Å². The molecule has 1 aliphatic rings. The molecule has 116 valence electrons. The Labute approximate surface area is 131 Å². The van der Waals surface area contributed by atoms with Gasteiger partial charge in [-0.1, -0.05) is 18.7 Å². The summed E-state index contributed by atoms with van der Waals surface area (Å²) in [7, 11) is 0. The minimum absolute atomic E-state index is 0.0394. The number of hydrogen-bond donors (Lipinski definition) is 2. The number of carboxylic acid groups (broad SMARTS) is 1. The van der Waals surface area contributed by atoms with Crippen LogP contribution < -0.4 is 5.32 Å². The SMILES string of the molecule is CCSC1=NC(c2ccc([N+](=O)[O-])cc2)C(C(=O)O)=C(C)N1. The molecule has 1 unspecified atom stereocenters. The van der Waals surface area contributed by atoms with Gasteiger partial charge in [0.15, 0.2) is 5.17 Å². The van der Waals surface area contributed by atoms with E-state index in [1.165, 1.54) is 23.9 Å². The monoisotopic (exact) mass is 321 g/mol. The van der Waals surface area contributed by atoms with E-state index >= 15 is 0 Å². The van der Waals surface area contributed by atoms with Crippen LogP contribution in [0.4, 0.5) is 5.69 Å². The predicted molar refractivity (Wildman–Crippen MR) is 84.9 cm³/mol. The Hall–Kier alpha value is -2.35. The van der Waals surface area contributed by atoms with E-state index < -0.39 is 16.9 Å². The fraction of sp³-hybridized carbons (Fsp3) is 0.286. The van der Waals surface area contributed by atoms with Gasteiger partial charge in [0.1, 0.15) is 6.04 Å². The van der Waals surface area contributed by atoms with E-state index in [2.05, 4.69) is 10.3 Å². The Morgan fingerprint density at radius 2 is 2.09 bits per heavy atom. The summed E-state index contributed by atoms with van der Waals surface area (Å²) in [5.41, 5.74) is 1.25. The largest absolute Gasteiger partial charge is 0.478 e. The van der Waals surface area contributed by atoms with E-state index in [1.54, 1.807) is 19.1 Å². The number of rotatable bonds is 4. The zero-order valence-corrected chi connectivity index (χ0v) is 12.9. The number of carboxylic acids is 1. The van der Waals surface area contributed by atoms with Crippen molar-refractivity contribution >= 4 is 28.6 Å². The van der Waals surface area contributed by atoms with Crippen molar-refractivity contribution in [1.82, 2.24) is 5.32 Å². The van der Waals surface area contributed by atoms with Gasteiger partial charge in [-0.25, -0.2) is 9.79 Å². The number of allylic oxidation sites excluding steroid dienone is 1. The quantitative estimate of drug-likeness (QED) is 0.652. The van der Waals surface area contributed by atoms with Crippen LogP contribution in [0.15, 0.2) is 40.5 Å². The zero-order chi connectivity index (χ0) is 16.3. The van der Waals surface area contributed by atoms with Gasteiger partial charge in [0.2, 0.25) is 0 Å². The summed E-state index contributed by atoms with van der Waals surface area (Å²) in [5, 5.41) is 23.8. The first-order chi connectivity index (χ1) is 10.4. The van der Waals surface area contributed by atoms with Gasteiger partial charge in [-0.2, -0.15) is 0 Å². The van der Waals surface area contributed by atoms with Crippen molar-refractivity contribution in [3.63, 3.8) is 0 Å². The second-order valence-electron chi connectivity index (χ2n) is 4.59. The fourth-order valence-corrected chi connectivity index (χ4v) is 2.83. The average molecular weight is 321 g/mol. The number of thioether (sulfide) groups is 1. The molecule has 2 N–H and O–H groups in total. The highest BCUT2D eigenvalue weighted by Gasteiger charge is 2.29. The number of non-ortho nitro benzene ring substituents is 1. The summed E-state index contributed by atoms with van der Waals surface area (Å²) in [6, 6.07) is 5.13. The van der Waals surface area contributed by atoms with E-state index in [0.29, 0.717) is 16.4 Å². The van der Waals surface area contributed by atoms with E-state index in [1.807, 2.05) is 6.92 Å². The molecule has 0 spiro atoms. The standard InChI is InChI=1S/C14H15N3O4S/c1-3-22-14-15-8(2)11(13(18)19)12(16-14)9-4-6-10(7-5-9)17(20)21/h4-7,12H,3H2,1-2H3,(H,15,16)(H,18,19). The molecule has 0 radical (unpaired) electrons. The zero-order valence-electron chi connectivity index (χ0n) is 12.1. The topological polar surface area (TPSA) is 105 Å². The van der Waals surface area contributed by atoms with Gasteiger partial charge in [0.05, 0.1) is 10.5 Å². The number of aliphatic imine (C=N–C) groups is 1. The van der Waals surface area contributed by atoms with Crippen molar-refractivity contribution in [2.75, 3.05) is 5.75 Å². The minimum atomic E-state index is -1.06. The smallest absolute Gasteiger partial charge is 0.335 e. The Balaban J connectivity index is 2.44. The lowest BCUT2D eigenvalue weighted by molar-refractivity contribution is -0.384. The lowest BCUT2D eigenvalue weighted by Gasteiger charge is -2.24. The van der Waals surface area contributed by atoms with E-state index in [-0.39, 0.29) is 11.3 Å². The van der Waals surface area contributed by atoms with Crippen LogP contribution in [0.2, 0.25) is 0 Å². The molecular formula is C14H15N3O4S. The molecule has 0 bridgehead atoms. The fourth-order valence-electron chi connectivity index (χ4n) is 2.15. The molecule has 22 heavy (non-hydrogen) atoms. The average Bonchev–Trinajstić information content (AvgIpc) is 2.46. The van der Waals surface area contributed by atoms with Gasteiger partial charge in [0.25, 0.3) is 5.69 Å². The van der Waals surface area contributed by atoms with E-state index in [9.17, 15) is 20.0 Å². The van der Waals surface area contributed by atoms with Crippen LogP contribution in [-0.4, -0.2) is 26.9 Å². The number of nitro groups is 1. The summed E-state index contributed by atoms with van der Waals surface area (Å²) >= 11 is 1.48. The Kier molecular flexibility index (Phi) is 4.81. The number of nitrogens with one attached hydrogen (secondary N) is 1. The first-order valence-electron chi connectivity index (χ1n) is 6.60. The van der Waals surface area contributed by atoms with Crippen LogP contribution in [0.5, 0.6) is 0 Å². The summed E-state index contributed by atoms with van der Waals surface area (Å²) < 4.78 is 0. The molecule has 0 saturated heterocycles. The summed E-state index contributed by atoms with van der Waals surface area (Å²) in [6.07, 6.45) is 0. The van der Waals surface area contributed by atoms with Crippen molar-refractivity contribution in [3.8, 4) is 0 Å². The van der Waals surface area contributed by atoms with E-state index in [0.717, 1.165) is 5.75 Å². The number of benzene rings is 1. The molecule has 0 amide bonds. The highest BCUT2D eigenvalue weighted by molar-refractivity contribution is 8.13. The normalized spacial score (nSPS) is 17.7. The number of hydrogen-bond acceptors (Lipinski definition) is 6. The van der Waals surface area contributed by atoms with Gasteiger partial charge in [-0.05, 0) is 30.4 Å². The van der Waals surface area contributed by atoms with Crippen molar-refractivity contribution in [3.05, 3.63) is 51.2 Å². The maximum absolute atomic E-state index is 11.5. The van der Waals surface area contributed by atoms with Crippen molar-refractivity contribution in [1.29, 1.82) is 0 Å². The molecule has 1 heterocycles. The molecule has 1 aromatic rings. The van der Waals surface area contributed by atoms with Gasteiger partial charge >= 0.3 is 5.97 Å². The molecule has 1 aromatic carbocycles. The van der Waals surface area contributed by atoms with Gasteiger partial charge < -0.3 is 10.4 Å². The number of carbonyl (C=O) groups is 1. The highest BCUT2D eigenvalue weighted by Crippen LogP contribution is 2.32. The first kappa shape index (κ1) is 16.0. The molecule has 2 rings (SSSR count). The van der Waals surface area contributed by atoms with Gasteiger partial charge in [-0.3, -0.25) is 10.1 Å². The van der Waals surface area contributed by atoms with Crippen LogP contribution in [-0.2, 0) is 4.79 Å². The Morgan fingerprint density at radius 3 is 2.59 bits per heavy atom. The van der Waals surface area contributed by atoms with E-state index in [4.69, 9.17) is 0 Å². The number of nitrogens with zero attached hydrogens (tertiary/aromatic N) is 2. The van der Waals surface area contributed by atoms with Crippen molar-refractivity contribution < 1.29 is 14.8 Å². The lowest BCUT2D eigenvalue weighted by atomic mass is 9.96. The molecule has 0 fully saturated rings. The van der Waals surface area contributed by atoms with Crippen LogP contribution in [0.3, 0.4) is 0 Å². The number of amidine groups is 1. The maximum Gasteiger partial charge on any atom is 0.335 e. The third-order valence-electron chi connectivity index (χ3n) is 3.15. The molecule has 0 aliphatic carbocycles. The van der Waals surface area contributed by atoms with Crippen molar-refractivity contribution in [2.24, 2.45) is 4.99 Å². The maximum atomic E-state index is 11.5. The minimum Gasteiger partial charge on any atom is -0.478 e. The van der Waals surface area contributed by atoms with Crippen LogP contribution in [0.1, 0.15) is 25.5 Å². The van der Waals surface area contributed by atoms with Gasteiger partial charge in [-0.15, -0.1) is 0 Å². The van der Waals surface area contributed by atoms with Gasteiger partial charge in [0, 0.05) is 17.8 Å². The first-order valence-corrected chi connectivity index (χ1v) is 7.58. The molecule has 0 saturated carbocycles. The Morgan fingerprint density at radius 1 is 1.45 bits per heavy atom. The molecule has 7 nitrogen and oxygen atoms in total. The number of nitro benzene ring substituents is 1. The van der Waals surface area contributed by atoms with Crippen molar-refractivity contribution in [2.45, 2.75) is 19.9 Å². The second-order valence-corrected chi connectivity index (χ2v) is 5.84. The third-order valence-corrected chi connectivity index (χ3v) is 3.92. The summed E-state index contributed by atoms with van der Waals surface area (Å²) in [5.74, 6) is -0.258. The molecular weight excluding hydrogens is 306 g/mol. The molecule has 1 aliphatic heterocycles. The van der Waals surface area contributed by atoms with Crippen LogP contribution >= 0.6 is 11.8 Å². The highest BCUT2D eigenvalue weighted by atomic mass is 32.2. The van der Waals surface area contributed by atoms with Crippen LogP contribution in [0.25, 0.3) is 0 Å².